The standard InChI is InChI=1S/C16H25NO3/c1-3-20-16(18)14-11-13(14)8-5-4-7-12-9-6-10-15(12)17-19-2/h9,13-14H,3-8,10-11H2,1-2H3. The number of oxime groups is 1. The van der Waals surface area contributed by atoms with E-state index in [0.717, 1.165) is 37.8 Å². The topological polar surface area (TPSA) is 47.9 Å². The summed E-state index contributed by atoms with van der Waals surface area (Å²) in [6.07, 6.45) is 9.97. The Morgan fingerprint density at radius 3 is 3.05 bits per heavy atom. The molecule has 112 valence electrons. The number of carbonyl (C=O) groups is 1. The smallest absolute Gasteiger partial charge is 0.309 e. The summed E-state index contributed by atoms with van der Waals surface area (Å²) in [5.74, 6) is 0.760. The van der Waals surface area contributed by atoms with Gasteiger partial charge in [-0.15, -0.1) is 0 Å². The number of unbranched alkanes of at least 4 members (excludes halogenated alkanes) is 1. The third kappa shape index (κ3) is 4.09. The predicted octanol–water partition coefficient (Wildman–Crippen LogP) is 3.47. The third-order valence-corrected chi connectivity index (χ3v) is 4.13. The molecule has 20 heavy (non-hydrogen) atoms. The zero-order valence-corrected chi connectivity index (χ0v) is 12.6. The number of carbonyl (C=O) groups excluding carboxylic acids is 1. The van der Waals surface area contributed by atoms with Crippen LogP contribution in [-0.2, 0) is 14.4 Å². The molecule has 0 amide bonds. The van der Waals surface area contributed by atoms with E-state index in [0.29, 0.717) is 12.5 Å². The molecule has 0 aliphatic heterocycles. The predicted molar refractivity (Wildman–Crippen MR) is 78.5 cm³/mol. The summed E-state index contributed by atoms with van der Waals surface area (Å²) >= 11 is 0. The molecule has 0 spiro atoms. The number of ether oxygens (including phenoxy) is 1. The maximum absolute atomic E-state index is 11.5. The lowest BCUT2D eigenvalue weighted by Crippen LogP contribution is -2.07. The Bertz CT molecular complexity index is 401. The molecular formula is C16H25NO3. The fourth-order valence-electron chi connectivity index (χ4n) is 2.95. The van der Waals surface area contributed by atoms with Crippen LogP contribution in [0, 0.1) is 11.8 Å². The number of esters is 1. The minimum atomic E-state index is 0.00511. The molecule has 0 aromatic carbocycles. The van der Waals surface area contributed by atoms with Gasteiger partial charge in [-0.3, -0.25) is 4.79 Å². The Hall–Kier alpha value is -1.32. The fourth-order valence-corrected chi connectivity index (χ4v) is 2.95. The molecule has 4 heteroatoms. The van der Waals surface area contributed by atoms with Gasteiger partial charge in [0.25, 0.3) is 0 Å². The van der Waals surface area contributed by atoms with Gasteiger partial charge >= 0.3 is 5.97 Å². The Balaban J connectivity index is 1.59. The first-order valence-electron chi connectivity index (χ1n) is 7.72. The molecule has 0 bridgehead atoms. The third-order valence-electron chi connectivity index (χ3n) is 4.13. The lowest BCUT2D eigenvalue weighted by molar-refractivity contribution is -0.145. The maximum Gasteiger partial charge on any atom is 0.309 e. The van der Waals surface area contributed by atoms with Crippen molar-refractivity contribution < 1.29 is 14.4 Å². The number of nitrogens with zero attached hydrogens (tertiary/aromatic N) is 1. The Kier molecular flexibility index (Phi) is 5.62. The molecule has 0 aromatic heterocycles. The SMILES string of the molecule is CCOC(=O)C1CC1CCCCC1=CCCC1=NOC. The van der Waals surface area contributed by atoms with Crippen molar-refractivity contribution in [2.24, 2.45) is 17.0 Å². The van der Waals surface area contributed by atoms with Gasteiger partial charge < -0.3 is 9.57 Å². The van der Waals surface area contributed by atoms with E-state index < -0.39 is 0 Å². The van der Waals surface area contributed by atoms with Gasteiger partial charge in [0.2, 0.25) is 0 Å². The average molecular weight is 279 g/mol. The van der Waals surface area contributed by atoms with Gasteiger partial charge in [-0.2, -0.15) is 0 Å². The van der Waals surface area contributed by atoms with Crippen LogP contribution in [-0.4, -0.2) is 25.4 Å². The molecule has 0 N–H and O–H groups in total. The fraction of sp³-hybridized carbons (Fsp3) is 0.750. The molecule has 2 aliphatic rings. The first-order valence-corrected chi connectivity index (χ1v) is 7.72. The van der Waals surface area contributed by atoms with Crippen molar-refractivity contribution in [1.82, 2.24) is 0 Å². The Labute approximate surface area is 121 Å². The van der Waals surface area contributed by atoms with Gasteiger partial charge in [0.05, 0.1) is 18.2 Å². The van der Waals surface area contributed by atoms with Crippen molar-refractivity contribution >= 4 is 11.7 Å². The van der Waals surface area contributed by atoms with E-state index in [4.69, 9.17) is 9.57 Å². The van der Waals surface area contributed by atoms with Crippen molar-refractivity contribution in [1.29, 1.82) is 0 Å². The summed E-state index contributed by atoms with van der Waals surface area (Å²) in [5, 5.41) is 4.07. The van der Waals surface area contributed by atoms with Crippen LogP contribution >= 0.6 is 0 Å². The molecule has 2 rings (SSSR count). The second kappa shape index (κ2) is 7.46. The van der Waals surface area contributed by atoms with Crippen LogP contribution < -0.4 is 0 Å². The summed E-state index contributed by atoms with van der Waals surface area (Å²) in [6, 6.07) is 0. The van der Waals surface area contributed by atoms with Crippen molar-refractivity contribution in [3.8, 4) is 0 Å². The van der Waals surface area contributed by atoms with Crippen LogP contribution in [0.25, 0.3) is 0 Å². The monoisotopic (exact) mass is 279 g/mol. The van der Waals surface area contributed by atoms with E-state index in [1.807, 2.05) is 6.92 Å². The number of hydrogen-bond donors (Lipinski definition) is 0. The zero-order chi connectivity index (χ0) is 14.4. The van der Waals surface area contributed by atoms with Crippen LogP contribution in [0.5, 0.6) is 0 Å². The van der Waals surface area contributed by atoms with E-state index in [1.165, 1.54) is 18.4 Å². The van der Waals surface area contributed by atoms with Crippen LogP contribution in [0.4, 0.5) is 0 Å². The van der Waals surface area contributed by atoms with Gasteiger partial charge in [-0.1, -0.05) is 17.7 Å². The molecule has 1 fully saturated rings. The van der Waals surface area contributed by atoms with Gasteiger partial charge in [0, 0.05) is 0 Å². The first kappa shape index (κ1) is 15.1. The van der Waals surface area contributed by atoms with Gasteiger partial charge in [-0.05, 0) is 56.9 Å². The summed E-state index contributed by atoms with van der Waals surface area (Å²) < 4.78 is 5.05. The van der Waals surface area contributed by atoms with Gasteiger partial charge in [0.1, 0.15) is 7.11 Å². The number of allylic oxidation sites excluding steroid dienone is 2. The Morgan fingerprint density at radius 1 is 1.45 bits per heavy atom. The van der Waals surface area contributed by atoms with E-state index in [9.17, 15) is 4.79 Å². The quantitative estimate of drug-likeness (QED) is 0.388. The molecule has 0 aromatic rings. The lowest BCUT2D eigenvalue weighted by Gasteiger charge is -2.04. The largest absolute Gasteiger partial charge is 0.466 e. The summed E-state index contributed by atoms with van der Waals surface area (Å²) in [4.78, 5) is 16.4. The van der Waals surface area contributed by atoms with E-state index in [-0.39, 0.29) is 11.9 Å². The second-order valence-corrected chi connectivity index (χ2v) is 5.59. The number of rotatable bonds is 8. The van der Waals surface area contributed by atoms with Crippen LogP contribution in [0.15, 0.2) is 16.8 Å². The lowest BCUT2D eigenvalue weighted by atomic mass is 10.0. The Morgan fingerprint density at radius 2 is 2.30 bits per heavy atom. The normalized spacial score (nSPS) is 26.5. The van der Waals surface area contributed by atoms with Gasteiger partial charge in [0.15, 0.2) is 0 Å². The zero-order valence-electron chi connectivity index (χ0n) is 12.6. The highest BCUT2D eigenvalue weighted by atomic mass is 16.6. The molecule has 0 heterocycles. The van der Waals surface area contributed by atoms with Crippen LogP contribution in [0.3, 0.4) is 0 Å². The van der Waals surface area contributed by atoms with Crippen LogP contribution in [0.2, 0.25) is 0 Å². The minimum absolute atomic E-state index is 0.00511. The second-order valence-electron chi connectivity index (χ2n) is 5.59. The molecule has 0 saturated heterocycles. The minimum Gasteiger partial charge on any atom is -0.466 e. The summed E-state index contributed by atoms with van der Waals surface area (Å²) in [7, 11) is 1.60. The van der Waals surface area contributed by atoms with E-state index in [1.54, 1.807) is 7.11 Å². The van der Waals surface area contributed by atoms with E-state index in [2.05, 4.69) is 11.2 Å². The maximum atomic E-state index is 11.5. The molecule has 2 unspecified atom stereocenters. The van der Waals surface area contributed by atoms with Crippen molar-refractivity contribution in [3.63, 3.8) is 0 Å². The average Bonchev–Trinajstić information content (AvgIpc) is 3.08. The van der Waals surface area contributed by atoms with E-state index >= 15 is 0 Å². The molecular weight excluding hydrogens is 254 g/mol. The number of hydrogen-bond acceptors (Lipinski definition) is 4. The molecule has 2 aliphatic carbocycles. The van der Waals surface area contributed by atoms with Crippen molar-refractivity contribution in [2.75, 3.05) is 13.7 Å². The highest BCUT2D eigenvalue weighted by Gasteiger charge is 2.43. The van der Waals surface area contributed by atoms with Gasteiger partial charge in [-0.25, -0.2) is 0 Å². The first-order chi connectivity index (χ1) is 9.76. The highest BCUT2D eigenvalue weighted by Crippen LogP contribution is 2.43. The molecule has 2 atom stereocenters. The molecule has 4 nitrogen and oxygen atoms in total. The van der Waals surface area contributed by atoms with Crippen molar-refractivity contribution in [2.45, 2.75) is 51.9 Å². The summed E-state index contributed by atoms with van der Waals surface area (Å²) in [5.41, 5.74) is 2.47. The van der Waals surface area contributed by atoms with Crippen molar-refractivity contribution in [3.05, 3.63) is 11.6 Å². The molecule has 1 saturated carbocycles. The summed E-state index contributed by atoms with van der Waals surface area (Å²) in [6.45, 7) is 2.36. The molecule has 0 radical (unpaired) electrons. The van der Waals surface area contributed by atoms with Crippen LogP contribution in [0.1, 0.15) is 51.9 Å². The highest BCUT2D eigenvalue weighted by molar-refractivity contribution is 6.01.